The molecular weight excluding hydrogens is 304 g/mol. The van der Waals surface area contributed by atoms with Crippen LogP contribution in [0.2, 0.25) is 5.02 Å². The molecule has 0 amide bonds. The lowest BCUT2D eigenvalue weighted by molar-refractivity contribution is -0.153. The number of carbonyl (C=O) groups excluding carboxylic acids is 1. The largest absolute Gasteiger partial charge is 0.459 e. The monoisotopic (exact) mass is 328 g/mol. The van der Waals surface area contributed by atoms with Gasteiger partial charge in [-0.25, -0.2) is 0 Å². The van der Waals surface area contributed by atoms with E-state index < -0.39 is 5.60 Å². The Balaban J connectivity index is 2.57. The number of nitrogens with one attached hydrogen (secondary N) is 1. The summed E-state index contributed by atoms with van der Waals surface area (Å²) in [5, 5.41) is 3.69. The van der Waals surface area contributed by atoms with Gasteiger partial charge in [0, 0.05) is 33.0 Å². The van der Waals surface area contributed by atoms with Crippen LogP contribution in [0.3, 0.4) is 0 Å². The van der Waals surface area contributed by atoms with Gasteiger partial charge in [-0.1, -0.05) is 11.6 Å². The summed E-state index contributed by atoms with van der Waals surface area (Å²) in [4.78, 5) is 17.8. The number of hydrogen-bond acceptors (Lipinski definition) is 3. The summed E-state index contributed by atoms with van der Waals surface area (Å²) >= 11 is 5.98. The molecule has 0 aliphatic heterocycles. The molecule has 0 saturated heterocycles. The standard InChI is InChI=1S/C15H25ClN4O2/c1-15(2,3)22-13(21)8-18-14(17-4)20(6)10-12-7-11(16)9-19(12)5/h7,9H,8,10H2,1-6H3,(H,17,18). The van der Waals surface area contributed by atoms with Crippen LogP contribution in [0.4, 0.5) is 0 Å². The Kier molecular flexibility index (Phi) is 6.29. The van der Waals surface area contributed by atoms with Gasteiger partial charge in [0.1, 0.15) is 12.1 Å². The minimum Gasteiger partial charge on any atom is -0.459 e. The molecule has 1 aromatic heterocycles. The molecule has 0 radical (unpaired) electrons. The van der Waals surface area contributed by atoms with Crippen LogP contribution in [0.5, 0.6) is 0 Å². The number of guanidine groups is 1. The summed E-state index contributed by atoms with van der Waals surface area (Å²) in [6.07, 6.45) is 1.85. The Bertz CT molecular complexity index is 546. The molecule has 1 N–H and O–H groups in total. The van der Waals surface area contributed by atoms with Crippen LogP contribution >= 0.6 is 11.6 Å². The number of carbonyl (C=O) groups is 1. The third kappa shape index (κ3) is 5.97. The molecule has 1 rings (SSSR count). The average molecular weight is 329 g/mol. The summed E-state index contributed by atoms with van der Waals surface area (Å²) in [6.45, 7) is 6.21. The van der Waals surface area contributed by atoms with Gasteiger partial charge in [0.2, 0.25) is 0 Å². The highest BCUT2D eigenvalue weighted by Gasteiger charge is 2.17. The van der Waals surface area contributed by atoms with Crippen LogP contribution in [0.1, 0.15) is 26.5 Å². The second-order valence-corrected chi connectivity index (χ2v) is 6.54. The van der Waals surface area contributed by atoms with E-state index in [4.69, 9.17) is 16.3 Å². The van der Waals surface area contributed by atoms with Gasteiger partial charge in [0.25, 0.3) is 0 Å². The molecule has 0 bridgehead atoms. The maximum Gasteiger partial charge on any atom is 0.325 e. The van der Waals surface area contributed by atoms with Crippen molar-refractivity contribution in [1.82, 2.24) is 14.8 Å². The highest BCUT2D eigenvalue weighted by atomic mass is 35.5. The van der Waals surface area contributed by atoms with E-state index in [1.807, 2.05) is 56.6 Å². The predicted molar refractivity (Wildman–Crippen MR) is 89.1 cm³/mol. The molecule has 0 atom stereocenters. The lowest BCUT2D eigenvalue weighted by Crippen LogP contribution is -2.42. The number of aliphatic imine (C=N–C) groups is 1. The van der Waals surface area contributed by atoms with Crippen molar-refractivity contribution >= 4 is 23.5 Å². The molecule has 0 unspecified atom stereocenters. The quantitative estimate of drug-likeness (QED) is 0.522. The van der Waals surface area contributed by atoms with Crippen molar-refractivity contribution in [2.45, 2.75) is 32.9 Å². The zero-order valence-electron chi connectivity index (χ0n) is 14.1. The van der Waals surface area contributed by atoms with E-state index in [1.165, 1.54) is 0 Å². The molecule has 6 nitrogen and oxygen atoms in total. The normalized spacial score (nSPS) is 12.2. The first-order chi connectivity index (χ1) is 10.1. The van der Waals surface area contributed by atoms with Gasteiger partial charge in [-0.05, 0) is 26.8 Å². The first kappa shape index (κ1) is 18.4. The Labute approximate surface area is 137 Å². The van der Waals surface area contributed by atoms with Gasteiger partial charge in [-0.15, -0.1) is 0 Å². The highest BCUT2D eigenvalue weighted by Crippen LogP contribution is 2.14. The summed E-state index contributed by atoms with van der Waals surface area (Å²) in [6, 6.07) is 1.90. The maximum absolute atomic E-state index is 11.7. The third-order valence-corrected chi connectivity index (χ3v) is 3.06. The molecule has 0 spiro atoms. The van der Waals surface area contributed by atoms with Crippen LogP contribution in [-0.4, -0.2) is 47.6 Å². The first-order valence-electron chi connectivity index (χ1n) is 7.06. The minimum absolute atomic E-state index is 0.0716. The van der Waals surface area contributed by atoms with Crippen LogP contribution in [0, 0.1) is 0 Å². The van der Waals surface area contributed by atoms with Crippen molar-refractivity contribution < 1.29 is 9.53 Å². The predicted octanol–water partition coefficient (Wildman–Crippen LogP) is 2.03. The van der Waals surface area contributed by atoms with Crippen molar-refractivity contribution in [1.29, 1.82) is 0 Å². The van der Waals surface area contributed by atoms with E-state index in [2.05, 4.69) is 10.3 Å². The fraction of sp³-hybridized carbons (Fsp3) is 0.600. The van der Waals surface area contributed by atoms with Crippen molar-refractivity contribution in [2.75, 3.05) is 20.6 Å². The molecule has 0 aliphatic carbocycles. The molecule has 0 aromatic carbocycles. The second-order valence-electron chi connectivity index (χ2n) is 6.10. The molecule has 0 aliphatic rings. The van der Waals surface area contributed by atoms with Crippen LogP contribution in [0.15, 0.2) is 17.3 Å². The third-order valence-electron chi connectivity index (χ3n) is 2.86. The van der Waals surface area contributed by atoms with E-state index in [0.717, 1.165) is 5.69 Å². The highest BCUT2D eigenvalue weighted by molar-refractivity contribution is 6.30. The lowest BCUT2D eigenvalue weighted by Gasteiger charge is -2.23. The fourth-order valence-corrected chi connectivity index (χ4v) is 2.23. The summed E-state index contributed by atoms with van der Waals surface area (Å²) < 4.78 is 7.21. The number of esters is 1. The lowest BCUT2D eigenvalue weighted by atomic mass is 10.2. The van der Waals surface area contributed by atoms with Gasteiger partial charge >= 0.3 is 5.97 Å². The van der Waals surface area contributed by atoms with Gasteiger partial charge in [0.05, 0.1) is 11.6 Å². The van der Waals surface area contributed by atoms with E-state index in [1.54, 1.807) is 7.05 Å². The number of hydrogen-bond donors (Lipinski definition) is 1. The van der Waals surface area contributed by atoms with Crippen LogP contribution in [-0.2, 0) is 23.1 Å². The summed E-state index contributed by atoms with van der Waals surface area (Å²) in [5.74, 6) is 0.298. The Morgan fingerprint density at radius 2 is 2.14 bits per heavy atom. The van der Waals surface area contributed by atoms with Crippen molar-refractivity contribution in [2.24, 2.45) is 12.0 Å². The van der Waals surface area contributed by atoms with Gasteiger partial charge in [-0.2, -0.15) is 0 Å². The molecule has 0 saturated carbocycles. The van der Waals surface area contributed by atoms with Crippen molar-refractivity contribution in [3.63, 3.8) is 0 Å². The van der Waals surface area contributed by atoms with Crippen molar-refractivity contribution in [3.8, 4) is 0 Å². The fourth-order valence-electron chi connectivity index (χ4n) is 1.95. The number of nitrogens with zero attached hydrogens (tertiary/aromatic N) is 3. The van der Waals surface area contributed by atoms with Crippen molar-refractivity contribution in [3.05, 3.63) is 23.0 Å². The zero-order chi connectivity index (χ0) is 16.9. The Hall–Kier alpha value is -1.69. The Morgan fingerprint density at radius 3 is 2.59 bits per heavy atom. The number of aromatic nitrogens is 1. The van der Waals surface area contributed by atoms with Gasteiger partial charge in [-0.3, -0.25) is 9.79 Å². The van der Waals surface area contributed by atoms with Gasteiger partial charge in [0.15, 0.2) is 5.96 Å². The number of ether oxygens (including phenoxy) is 1. The van der Waals surface area contributed by atoms with E-state index in [9.17, 15) is 4.79 Å². The number of halogens is 1. The molecule has 22 heavy (non-hydrogen) atoms. The maximum atomic E-state index is 11.7. The zero-order valence-corrected chi connectivity index (χ0v) is 14.9. The van der Waals surface area contributed by atoms with E-state index in [0.29, 0.717) is 17.5 Å². The first-order valence-corrected chi connectivity index (χ1v) is 7.44. The molecule has 1 heterocycles. The minimum atomic E-state index is -0.492. The van der Waals surface area contributed by atoms with E-state index >= 15 is 0 Å². The second kappa shape index (κ2) is 7.54. The molecule has 0 fully saturated rings. The number of aryl methyl sites for hydroxylation is 1. The number of rotatable bonds is 4. The smallest absolute Gasteiger partial charge is 0.325 e. The molecule has 7 heteroatoms. The van der Waals surface area contributed by atoms with Crippen LogP contribution < -0.4 is 5.32 Å². The SMILES string of the molecule is CN=C(NCC(=O)OC(C)(C)C)N(C)Cc1cc(Cl)cn1C. The Morgan fingerprint density at radius 1 is 1.50 bits per heavy atom. The van der Waals surface area contributed by atoms with Gasteiger partial charge < -0.3 is 19.5 Å². The molecular formula is C15H25ClN4O2. The summed E-state index contributed by atoms with van der Waals surface area (Å²) in [5.41, 5.74) is 0.557. The topological polar surface area (TPSA) is 58.9 Å². The molecule has 1 aromatic rings. The molecule has 124 valence electrons. The average Bonchev–Trinajstić information content (AvgIpc) is 2.66. The van der Waals surface area contributed by atoms with Crippen LogP contribution in [0.25, 0.3) is 0 Å². The van der Waals surface area contributed by atoms with E-state index in [-0.39, 0.29) is 12.5 Å². The summed E-state index contributed by atoms with van der Waals surface area (Å²) in [7, 11) is 5.50.